The second kappa shape index (κ2) is 7.70. The van der Waals surface area contributed by atoms with Gasteiger partial charge in [0.1, 0.15) is 5.82 Å². The zero-order valence-electron chi connectivity index (χ0n) is 14.1. The van der Waals surface area contributed by atoms with Crippen LogP contribution in [0.5, 0.6) is 0 Å². The number of nitrogens with zero attached hydrogens (tertiary/aromatic N) is 2. The van der Waals surface area contributed by atoms with Crippen LogP contribution in [0.15, 0.2) is 48.5 Å². The predicted molar refractivity (Wildman–Crippen MR) is 100 cm³/mol. The minimum atomic E-state index is -0.282. The summed E-state index contributed by atoms with van der Waals surface area (Å²) < 4.78 is 12.9. The fourth-order valence-corrected chi connectivity index (χ4v) is 3.10. The maximum atomic E-state index is 12.9. The molecule has 0 spiro atoms. The molecular formula is C20H20ClFN2O. The van der Waals surface area contributed by atoms with E-state index in [1.165, 1.54) is 17.7 Å². The van der Waals surface area contributed by atoms with Crippen molar-refractivity contribution >= 4 is 29.3 Å². The molecule has 0 aliphatic carbocycles. The van der Waals surface area contributed by atoms with Crippen LogP contribution in [0.1, 0.15) is 11.1 Å². The van der Waals surface area contributed by atoms with Crippen molar-refractivity contribution in [2.24, 2.45) is 0 Å². The minimum absolute atomic E-state index is 0.0215. The van der Waals surface area contributed by atoms with E-state index in [0.29, 0.717) is 13.1 Å². The Morgan fingerprint density at radius 2 is 1.76 bits per heavy atom. The van der Waals surface area contributed by atoms with Gasteiger partial charge in [0.25, 0.3) is 0 Å². The number of piperazine rings is 1. The van der Waals surface area contributed by atoms with Crippen LogP contribution in [-0.2, 0) is 4.79 Å². The van der Waals surface area contributed by atoms with E-state index >= 15 is 0 Å². The fourth-order valence-electron chi connectivity index (χ4n) is 2.94. The number of carbonyl (C=O) groups excluding carboxylic acids is 1. The van der Waals surface area contributed by atoms with Crippen LogP contribution in [0.2, 0.25) is 5.02 Å². The molecule has 1 amide bonds. The Balaban J connectivity index is 1.59. The smallest absolute Gasteiger partial charge is 0.246 e. The summed E-state index contributed by atoms with van der Waals surface area (Å²) in [7, 11) is 0. The lowest BCUT2D eigenvalue weighted by atomic mass is 10.1. The van der Waals surface area contributed by atoms with Crippen molar-refractivity contribution < 1.29 is 9.18 Å². The van der Waals surface area contributed by atoms with Gasteiger partial charge in [0.05, 0.1) is 0 Å². The molecule has 3 rings (SSSR count). The molecule has 0 unspecified atom stereocenters. The van der Waals surface area contributed by atoms with Gasteiger partial charge in [-0.1, -0.05) is 29.8 Å². The monoisotopic (exact) mass is 358 g/mol. The molecule has 0 saturated carbocycles. The molecule has 3 nitrogen and oxygen atoms in total. The van der Waals surface area contributed by atoms with Gasteiger partial charge < -0.3 is 9.80 Å². The molecule has 0 N–H and O–H groups in total. The Morgan fingerprint density at radius 3 is 2.44 bits per heavy atom. The summed E-state index contributed by atoms with van der Waals surface area (Å²) in [4.78, 5) is 16.4. The number of rotatable bonds is 3. The second-order valence-electron chi connectivity index (χ2n) is 6.13. The van der Waals surface area contributed by atoms with Crippen molar-refractivity contribution in [3.8, 4) is 0 Å². The largest absolute Gasteiger partial charge is 0.368 e. The highest BCUT2D eigenvalue weighted by molar-refractivity contribution is 6.30. The highest BCUT2D eigenvalue weighted by Crippen LogP contribution is 2.25. The third kappa shape index (κ3) is 4.40. The Labute approximate surface area is 152 Å². The van der Waals surface area contributed by atoms with E-state index in [-0.39, 0.29) is 11.7 Å². The summed E-state index contributed by atoms with van der Waals surface area (Å²) in [6.45, 7) is 4.94. The maximum Gasteiger partial charge on any atom is 0.246 e. The standard InChI is InChI=1S/C20H20ClFN2O/c1-15-2-6-17(21)14-19(15)23-10-12-24(13-11-23)20(25)9-5-16-3-7-18(22)8-4-16/h2-9,14H,10-13H2,1H3/b9-5-. The van der Waals surface area contributed by atoms with Gasteiger partial charge in [-0.05, 0) is 48.4 Å². The molecule has 1 aliphatic rings. The molecule has 5 heteroatoms. The first-order valence-electron chi connectivity index (χ1n) is 8.26. The van der Waals surface area contributed by atoms with E-state index in [4.69, 9.17) is 11.6 Å². The number of hydrogen-bond acceptors (Lipinski definition) is 2. The maximum absolute atomic E-state index is 12.9. The van der Waals surface area contributed by atoms with Crippen LogP contribution in [0.25, 0.3) is 6.08 Å². The van der Waals surface area contributed by atoms with Gasteiger partial charge >= 0.3 is 0 Å². The van der Waals surface area contributed by atoms with Gasteiger partial charge in [-0.25, -0.2) is 4.39 Å². The summed E-state index contributed by atoms with van der Waals surface area (Å²) in [6.07, 6.45) is 3.27. The van der Waals surface area contributed by atoms with E-state index in [1.54, 1.807) is 24.3 Å². The topological polar surface area (TPSA) is 23.6 Å². The number of aryl methyl sites for hydroxylation is 1. The number of benzene rings is 2. The summed E-state index contributed by atoms with van der Waals surface area (Å²) in [5, 5.41) is 0.723. The molecule has 25 heavy (non-hydrogen) atoms. The second-order valence-corrected chi connectivity index (χ2v) is 6.56. The predicted octanol–water partition coefficient (Wildman–Crippen LogP) is 4.15. The van der Waals surface area contributed by atoms with Crippen LogP contribution < -0.4 is 4.90 Å². The van der Waals surface area contributed by atoms with Crippen LogP contribution >= 0.6 is 11.6 Å². The number of amides is 1. The molecule has 2 aromatic carbocycles. The zero-order valence-corrected chi connectivity index (χ0v) is 14.8. The summed E-state index contributed by atoms with van der Waals surface area (Å²) in [6, 6.07) is 12.0. The summed E-state index contributed by atoms with van der Waals surface area (Å²) in [5.41, 5.74) is 3.12. The lowest BCUT2D eigenvalue weighted by molar-refractivity contribution is -0.126. The van der Waals surface area contributed by atoms with E-state index in [0.717, 1.165) is 29.4 Å². The highest BCUT2D eigenvalue weighted by Gasteiger charge is 2.20. The minimum Gasteiger partial charge on any atom is -0.368 e. The highest BCUT2D eigenvalue weighted by atomic mass is 35.5. The SMILES string of the molecule is Cc1ccc(Cl)cc1N1CCN(C(=O)/C=C\c2ccc(F)cc2)CC1. The van der Waals surface area contributed by atoms with Gasteiger partial charge in [-0.3, -0.25) is 4.79 Å². The molecule has 0 radical (unpaired) electrons. The molecule has 0 atom stereocenters. The number of hydrogen-bond donors (Lipinski definition) is 0. The first-order valence-corrected chi connectivity index (χ1v) is 8.64. The van der Waals surface area contributed by atoms with Gasteiger partial charge in [0.15, 0.2) is 0 Å². The molecule has 0 aromatic heterocycles. The molecule has 2 aromatic rings. The molecule has 130 valence electrons. The Hall–Kier alpha value is -2.33. The van der Waals surface area contributed by atoms with E-state index in [1.807, 2.05) is 23.1 Å². The van der Waals surface area contributed by atoms with Crippen LogP contribution in [0.3, 0.4) is 0 Å². The Kier molecular flexibility index (Phi) is 5.39. The van der Waals surface area contributed by atoms with Gasteiger partial charge in [-0.2, -0.15) is 0 Å². The lowest BCUT2D eigenvalue weighted by Gasteiger charge is -2.36. The molecule has 1 saturated heterocycles. The third-order valence-electron chi connectivity index (χ3n) is 4.39. The summed E-state index contributed by atoms with van der Waals surface area (Å²) in [5.74, 6) is -0.303. The van der Waals surface area contributed by atoms with Crippen molar-refractivity contribution in [1.29, 1.82) is 0 Å². The number of carbonyl (C=O) groups is 1. The van der Waals surface area contributed by atoms with Crippen LogP contribution in [0, 0.1) is 12.7 Å². The third-order valence-corrected chi connectivity index (χ3v) is 4.63. The van der Waals surface area contributed by atoms with Crippen molar-refractivity contribution in [1.82, 2.24) is 4.90 Å². The van der Waals surface area contributed by atoms with Gasteiger partial charge in [-0.15, -0.1) is 0 Å². The van der Waals surface area contributed by atoms with E-state index in [9.17, 15) is 9.18 Å². The van der Waals surface area contributed by atoms with E-state index in [2.05, 4.69) is 11.8 Å². The van der Waals surface area contributed by atoms with Gasteiger partial charge in [0, 0.05) is 43.0 Å². The first-order chi connectivity index (χ1) is 12.0. The average Bonchev–Trinajstić information content (AvgIpc) is 2.63. The number of anilines is 1. The van der Waals surface area contributed by atoms with Crippen molar-refractivity contribution in [3.63, 3.8) is 0 Å². The zero-order chi connectivity index (χ0) is 17.8. The summed E-state index contributed by atoms with van der Waals surface area (Å²) >= 11 is 6.10. The van der Waals surface area contributed by atoms with Crippen molar-refractivity contribution in [2.45, 2.75) is 6.92 Å². The Bertz CT molecular complexity index is 781. The fraction of sp³-hybridized carbons (Fsp3) is 0.250. The van der Waals surface area contributed by atoms with E-state index < -0.39 is 0 Å². The Morgan fingerprint density at radius 1 is 1.08 bits per heavy atom. The molecular weight excluding hydrogens is 339 g/mol. The normalized spacial score (nSPS) is 15.0. The quantitative estimate of drug-likeness (QED) is 0.769. The first kappa shape index (κ1) is 17.5. The molecule has 0 bridgehead atoms. The van der Waals surface area contributed by atoms with Crippen molar-refractivity contribution in [2.75, 3.05) is 31.1 Å². The molecule has 1 heterocycles. The van der Waals surface area contributed by atoms with Gasteiger partial charge in [0.2, 0.25) is 5.91 Å². The molecule has 1 aliphatic heterocycles. The molecule has 1 fully saturated rings. The lowest BCUT2D eigenvalue weighted by Crippen LogP contribution is -2.48. The number of halogens is 2. The van der Waals surface area contributed by atoms with Crippen molar-refractivity contribution in [3.05, 3.63) is 70.5 Å². The van der Waals surface area contributed by atoms with Crippen LogP contribution in [-0.4, -0.2) is 37.0 Å². The van der Waals surface area contributed by atoms with Crippen LogP contribution in [0.4, 0.5) is 10.1 Å². The average molecular weight is 359 g/mol.